The summed E-state index contributed by atoms with van der Waals surface area (Å²) in [7, 11) is 1.35. The van der Waals surface area contributed by atoms with Crippen molar-refractivity contribution in [1.29, 1.82) is 0 Å². The third-order valence-corrected chi connectivity index (χ3v) is 4.35. The van der Waals surface area contributed by atoms with E-state index in [-0.39, 0.29) is 0 Å². The second-order valence-corrected chi connectivity index (χ2v) is 7.49. The Kier molecular flexibility index (Phi) is 5.83. The molecular formula is C18H25ClN2O4. The monoisotopic (exact) mass is 368 g/mol. The third kappa shape index (κ3) is 4.57. The summed E-state index contributed by atoms with van der Waals surface area (Å²) in [4.78, 5) is 28.4. The molecule has 0 spiro atoms. The van der Waals surface area contributed by atoms with Crippen LogP contribution < -0.4 is 4.90 Å². The van der Waals surface area contributed by atoms with Crippen molar-refractivity contribution in [1.82, 2.24) is 4.90 Å². The lowest BCUT2D eigenvalue weighted by Gasteiger charge is -2.45. The normalized spacial score (nSPS) is 21.0. The average molecular weight is 369 g/mol. The van der Waals surface area contributed by atoms with Crippen molar-refractivity contribution in [3.8, 4) is 0 Å². The van der Waals surface area contributed by atoms with Crippen LogP contribution in [0.4, 0.5) is 10.5 Å². The van der Waals surface area contributed by atoms with Crippen molar-refractivity contribution in [2.45, 2.75) is 45.4 Å². The van der Waals surface area contributed by atoms with Crippen molar-refractivity contribution in [2.75, 3.05) is 25.1 Å². The van der Waals surface area contributed by atoms with Crippen molar-refractivity contribution in [3.63, 3.8) is 0 Å². The van der Waals surface area contributed by atoms with E-state index >= 15 is 0 Å². The van der Waals surface area contributed by atoms with Gasteiger partial charge < -0.3 is 19.3 Å². The fraction of sp³-hybridized carbons (Fsp3) is 0.556. The number of piperazine rings is 1. The van der Waals surface area contributed by atoms with Gasteiger partial charge in [0.2, 0.25) is 0 Å². The summed E-state index contributed by atoms with van der Waals surface area (Å²) in [5, 5.41) is 0.624. The van der Waals surface area contributed by atoms with Gasteiger partial charge in [0.1, 0.15) is 11.6 Å². The zero-order chi connectivity index (χ0) is 18.8. The summed E-state index contributed by atoms with van der Waals surface area (Å²) in [5.74, 6) is -0.393. The lowest BCUT2D eigenvalue weighted by molar-refractivity contribution is -0.144. The van der Waals surface area contributed by atoms with Crippen LogP contribution in [0.2, 0.25) is 5.02 Å². The van der Waals surface area contributed by atoms with Gasteiger partial charge in [0.05, 0.1) is 13.2 Å². The number of halogens is 1. The number of rotatable bonds is 2. The molecule has 2 atom stereocenters. The highest BCUT2D eigenvalue weighted by Gasteiger charge is 2.42. The fourth-order valence-electron chi connectivity index (χ4n) is 2.93. The molecule has 6 nitrogen and oxygen atoms in total. The van der Waals surface area contributed by atoms with Crippen LogP contribution in [0.1, 0.15) is 27.7 Å². The molecule has 1 amide bonds. The second kappa shape index (κ2) is 7.52. The Bertz CT molecular complexity index is 627. The maximum absolute atomic E-state index is 12.5. The highest BCUT2D eigenvalue weighted by molar-refractivity contribution is 6.30. The van der Waals surface area contributed by atoms with Crippen LogP contribution in [-0.2, 0) is 14.3 Å². The summed E-state index contributed by atoms with van der Waals surface area (Å²) >= 11 is 5.95. The van der Waals surface area contributed by atoms with E-state index in [9.17, 15) is 9.59 Å². The van der Waals surface area contributed by atoms with Crippen LogP contribution in [0.15, 0.2) is 24.3 Å². The lowest BCUT2D eigenvalue weighted by Crippen LogP contribution is -2.63. The fourth-order valence-corrected chi connectivity index (χ4v) is 3.06. The van der Waals surface area contributed by atoms with Gasteiger partial charge in [-0.25, -0.2) is 9.59 Å². The summed E-state index contributed by atoms with van der Waals surface area (Å²) in [6, 6.07) is 6.24. The van der Waals surface area contributed by atoms with Gasteiger partial charge >= 0.3 is 12.1 Å². The van der Waals surface area contributed by atoms with Crippen LogP contribution in [-0.4, -0.2) is 54.8 Å². The summed E-state index contributed by atoms with van der Waals surface area (Å²) in [6.45, 7) is 8.22. The van der Waals surface area contributed by atoms with E-state index in [0.29, 0.717) is 18.1 Å². The van der Waals surface area contributed by atoms with E-state index in [1.54, 1.807) is 17.0 Å². The quantitative estimate of drug-likeness (QED) is 0.749. The molecule has 0 bridgehead atoms. The summed E-state index contributed by atoms with van der Waals surface area (Å²) < 4.78 is 10.4. The molecule has 1 aliphatic rings. The van der Waals surface area contributed by atoms with E-state index in [1.807, 2.05) is 44.7 Å². The van der Waals surface area contributed by atoms with Gasteiger partial charge in [-0.2, -0.15) is 0 Å². The number of amides is 1. The Morgan fingerprint density at radius 3 is 2.28 bits per heavy atom. The minimum Gasteiger partial charge on any atom is -0.467 e. The molecule has 1 aliphatic heterocycles. The first-order chi connectivity index (χ1) is 11.6. The number of esters is 1. The molecule has 2 unspecified atom stereocenters. The molecule has 1 fully saturated rings. The number of anilines is 1. The molecule has 1 saturated heterocycles. The minimum absolute atomic E-state index is 0.393. The highest BCUT2D eigenvalue weighted by atomic mass is 35.5. The first-order valence-electron chi connectivity index (χ1n) is 8.23. The molecule has 7 heteroatoms. The van der Waals surface area contributed by atoms with E-state index < -0.39 is 29.7 Å². The van der Waals surface area contributed by atoms with Gasteiger partial charge in [-0.1, -0.05) is 11.6 Å². The molecule has 1 heterocycles. The highest BCUT2D eigenvalue weighted by Crippen LogP contribution is 2.27. The lowest BCUT2D eigenvalue weighted by atomic mass is 10.0. The molecule has 138 valence electrons. The van der Waals surface area contributed by atoms with Crippen LogP contribution in [0.3, 0.4) is 0 Å². The molecular weight excluding hydrogens is 344 g/mol. The van der Waals surface area contributed by atoms with Crippen LogP contribution in [0.25, 0.3) is 0 Å². The first-order valence-corrected chi connectivity index (χ1v) is 8.61. The van der Waals surface area contributed by atoms with Crippen molar-refractivity contribution >= 4 is 29.4 Å². The molecule has 2 rings (SSSR count). The number of methoxy groups -OCH3 is 1. The number of carbonyl (C=O) groups excluding carboxylic acids is 2. The molecule has 1 aromatic carbocycles. The number of hydrogen-bond acceptors (Lipinski definition) is 5. The molecule has 0 aliphatic carbocycles. The van der Waals surface area contributed by atoms with E-state index in [4.69, 9.17) is 21.1 Å². The average Bonchev–Trinajstić information content (AvgIpc) is 2.52. The standard InChI is InChI=1S/C18H25ClN2O4/c1-12-15(16(22)24-5)21(14-8-6-13(19)7-9-14)11-10-20(12)17(23)25-18(2,3)4/h6-9,12,15H,10-11H2,1-5H3. The molecule has 25 heavy (non-hydrogen) atoms. The van der Waals surface area contributed by atoms with Gasteiger partial charge in [0.15, 0.2) is 0 Å². The van der Waals surface area contributed by atoms with Gasteiger partial charge in [0, 0.05) is 23.8 Å². The molecule has 0 radical (unpaired) electrons. The topological polar surface area (TPSA) is 59.1 Å². The molecule has 1 aromatic rings. The number of ether oxygens (including phenoxy) is 2. The van der Waals surface area contributed by atoms with Gasteiger partial charge in [-0.3, -0.25) is 0 Å². The van der Waals surface area contributed by atoms with Crippen LogP contribution in [0, 0.1) is 0 Å². The largest absolute Gasteiger partial charge is 0.467 e. The predicted octanol–water partition coefficient (Wildman–Crippen LogP) is 3.33. The minimum atomic E-state index is -0.618. The predicted molar refractivity (Wildman–Crippen MR) is 97.0 cm³/mol. The van der Waals surface area contributed by atoms with Gasteiger partial charge in [-0.15, -0.1) is 0 Å². The first kappa shape index (κ1) is 19.4. The van der Waals surface area contributed by atoms with Crippen molar-refractivity contribution in [3.05, 3.63) is 29.3 Å². The Labute approximate surface area is 153 Å². The summed E-state index contributed by atoms with van der Waals surface area (Å²) in [5.41, 5.74) is 0.265. The Morgan fingerprint density at radius 1 is 1.16 bits per heavy atom. The number of nitrogens with zero attached hydrogens (tertiary/aromatic N) is 2. The maximum atomic E-state index is 12.5. The van der Waals surface area contributed by atoms with Gasteiger partial charge in [0.25, 0.3) is 0 Å². The third-order valence-electron chi connectivity index (χ3n) is 4.10. The van der Waals surface area contributed by atoms with Crippen LogP contribution in [0.5, 0.6) is 0 Å². The van der Waals surface area contributed by atoms with E-state index in [0.717, 1.165) is 5.69 Å². The number of carbonyl (C=O) groups is 2. The Morgan fingerprint density at radius 2 is 1.76 bits per heavy atom. The number of hydrogen-bond donors (Lipinski definition) is 0. The van der Waals surface area contributed by atoms with Crippen molar-refractivity contribution < 1.29 is 19.1 Å². The van der Waals surface area contributed by atoms with E-state index in [2.05, 4.69) is 0 Å². The smallest absolute Gasteiger partial charge is 0.410 e. The second-order valence-electron chi connectivity index (χ2n) is 7.05. The Hall–Kier alpha value is -1.95. The summed E-state index contributed by atoms with van der Waals surface area (Å²) in [6.07, 6.45) is -0.426. The molecule has 0 N–H and O–H groups in total. The van der Waals surface area contributed by atoms with Crippen molar-refractivity contribution in [2.24, 2.45) is 0 Å². The van der Waals surface area contributed by atoms with Gasteiger partial charge in [-0.05, 0) is 52.0 Å². The molecule has 0 aromatic heterocycles. The SMILES string of the molecule is COC(=O)C1C(C)N(C(=O)OC(C)(C)C)CCN1c1ccc(Cl)cc1. The van der Waals surface area contributed by atoms with E-state index in [1.165, 1.54) is 7.11 Å². The zero-order valence-corrected chi connectivity index (χ0v) is 16.0. The zero-order valence-electron chi connectivity index (χ0n) is 15.3. The maximum Gasteiger partial charge on any atom is 0.410 e. The molecule has 0 saturated carbocycles. The van der Waals surface area contributed by atoms with Crippen LogP contribution >= 0.6 is 11.6 Å². The Balaban J connectivity index is 2.27. The number of benzene rings is 1.